The van der Waals surface area contributed by atoms with E-state index >= 15 is 0 Å². The van der Waals surface area contributed by atoms with Crippen molar-refractivity contribution in [1.82, 2.24) is 10.2 Å². The molecule has 3 rings (SSSR count). The monoisotopic (exact) mass is 276 g/mol. The predicted molar refractivity (Wildman–Crippen MR) is 73.7 cm³/mol. The minimum atomic E-state index is -0.482. The zero-order chi connectivity index (χ0) is 14.2. The number of aromatic nitrogens is 2. The van der Waals surface area contributed by atoms with E-state index in [9.17, 15) is 9.59 Å². The smallest absolute Gasteiger partial charge is 0.241 e. The largest absolute Gasteiger partial charge is 0.326 e. The SMILES string of the molecule is NCc1cn[nH]c1N1C(=O)CC2(CCCCCC2)C1=O. The summed E-state index contributed by atoms with van der Waals surface area (Å²) in [5.74, 6) is 0.267. The van der Waals surface area contributed by atoms with Crippen molar-refractivity contribution < 1.29 is 9.59 Å². The van der Waals surface area contributed by atoms with Crippen molar-refractivity contribution in [3.05, 3.63) is 11.8 Å². The molecule has 1 aliphatic heterocycles. The number of nitrogens with two attached hydrogens (primary N) is 1. The van der Waals surface area contributed by atoms with Gasteiger partial charge in [0.25, 0.3) is 0 Å². The van der Waals surface area contributed by atoms with Gasteiger partial charge in [-0.15, -0.1) is 0 Å². The van der Waals surface area contributed by atoms with Gasteiger partial charge in [0.15, 0.2) is 0 Å². The standard InChI is InChI=1S/C14H20N4O2/c15-8-10-9-16-17-12(10)18-11(19)7-14(13(18)20)5-3-1-2-4-6-14/h9H,1-8,15H2,(H,16,17). The Morgan fingerprint density at radius 2 is 1.95 bits per heavy atom. The van der Waals surface area contributed by atoms with Crippen molar-refractivity contribution in [2.75, 3.05) is 4.90 Å². The van der Waals surface area contributed by atoms with Gasteiger partial charge in [-0.1, -0.05) is 25.7 Å². The lowest BCUT2D eigenvalue weighted by molar-refractivity contribution is -0.126. The number of rotatable bonds is 2. The van der Waals surface area contributed by atoms with Crippen LogP contribution in [0, 0.1) is 5.41 Å². The lowest BCUT2D eigenvalue weighted by Gasteiger charge is -2.24. The first-order valence-corrected chi connectivity index (χ1v) is 7.28. The number of H-pyrrole nitrogens is 1. The average molecular weight is 276 g/mol. The van der Waals surface area contributed by atoms with E-state index in [2.05, 4.69) is 10.2 Å². The van der Waals surface area contributed by atoms with Crippen LogP contribution in [0.5, 0.6) is 0 Å². The first-order valence-electron chi connectivity index (χ1n) is 7.28. The molecular weight excluding hydrogens is 256 g/mol. The number of imide groups is 1. The summed E-state index contributed by atoms with van der Waals surface area (Å²) in [6.45, 7) is 0.260. The lowest BCUT2D eigenvalue weighted by atomic mass is 9.79. The van der Waals surface area contributed by atoms with Crippen LogP contribution in [0.15, 0.2) is 6.20 Å². The van der Waals surface area contributed by atoms with Crippen LogP contribution in [0.25, 0.3) is 0 Å². The van der Waals surface area contributed by atoms with Crippen molar-refractivity contribution in [2.45, 2.75) is 51.5 Å². The highest BCUT2D eigenvalue weighted by Gasteiger charge is 2.52. The van der Waals surface area contributed by atoms with E-state index in [1.54, 1.807) is 6.20 Å². The van der Waals surface area contributed by atoms with E-state index in [0.717, 1.165) is 38.5 Å². The molecule has 20 heavy (non-hydrogen) atoms. The summed E-state index contributed by atoms with van der Waals surface area (Å²) in [5, 5.41) is 6.66. The maximum Gasteiger partial charge on any atom is 0.241 e. The Bertz CT molecular complexity index is 529. The summed E-state index contributed by atoms with van der Waals surface area (Å²) < 4.78 is 0. The van der Waals surface area contributed by atoms with E-state index in [1.165, 1.54) is 4.90 Å². The van der Waals surface area contributed by atoms with Gasteiger partial charge in [0.05, 0.1) is 11.6 Å². The second kappa shape index (κ2) is 5.01. The van der Waals surface area contributed by atoms with Crippen molar-refractivity contribution in [2.24, 2.45) is 11.1 Å². The zero-order valence-electron chi connectivity index (χ0n) is 11.5. The Morgan fingerprint density at radius 3 is 2.60 bits per heavy atom. The molecule has 1 aromatic heterocycles. The van der Waals surface area contributed by atoms with Crippen LogP contribution >= 0.6 is 0 Å². The molecule has 0 radical (unpaired) electrons. The molecule has 3 N–H and O–H groups in total. The van der Waals surface area contributed by atoms with E-state index in [-0.39, 0.29) is 18.4 Å². The minimum absolute atomic E-state index is 0.0663. The van der Waals surface area contributed by atoms with Gasteiger partial charge in [0.2, 0.25) is 11.8 Å². The second-order valence-corrected chi connectivity index (χ2v) is 5.85. The number of nitrogens with zero attached hydrogens (tertiary/aromatic N) is 2. The highest BCUT2D eigenvalue weighted by molar-refractivity contribution is 6.22. The number of hydrogen-bond donors (Lipinski definition) is 2. The van der Waals surface area contributed by atoms with Crippen LogP contribution in [0.3, 0.4) is 0 Å². The normalized spacial score (nSPS) is 22.6. The Balaban J connectivity index is 1.94. The average Bonchev–Trinajstić information content (AvgIpc) is 2.88. The summed E-state index contributed by atoms with van der Waals surface area (Å²) in [7, 11) is 0. The van der Waals surface area contributed by atoms with Gasteiger partial charge in [-0.3, -0.25) is 14.7 Å². The fourth-order valence-corrected chi connectivity index (χ4v) is 3.46. The number of amides is 2. The predicted octanol–water partition coefficient (Wildman–Crippen LogP) is 1.47. The van der Waals surface area contributed by atoms with Crippen molar-refractivity contribution in [3.63, 3.8) is 0 Å². The van der Waals surface area contributed by atoms with Gasteiger partial charge >= 0.3 is 0 Å². The fourth-order valence-electron chi connectivity index (χ4n) is 3.46. The van der Waals surface area contributed by atoms with Crippen LogP contribution in [0.4, 0.5) is 5.82 Å². The summed E-state index contributed by atoms with van der Waals surface area (Å²) in [6.07, 6.45) is 7.91. The van der Waals surface area contributed by atoms with Crippen molar-refractivity contribution in [1.29, 1.82) is 0 Å². The molecule has 1 aliphatic carbocycles. The molecular formula is C14H20N4O2. The Kier molecular flexibility index (Phi) is 3.33. The molecule has 6 nitrogen and oxygen atoms in total. The molecule has 1 aromatic rings. The number of carbonyl (C=O) groups excluding carboxylic acids is 2. The maximum atomic E-state index is 12.8. The number of carbonyl (C=O) groups is 2. The molecule has 0 unspecified atom stereocenters. The highest BCUT2D eigenvalue weighted by atomic mass is 16.2. The van der Waals surface area contributed by atoms with Crippen LogP contribution < -0.4 is 10.6 Å². The maximum absolute atomic E-state index is 12.8. The molecule has 1 saturated heterocycles. The van der Waals surface area contributed by atoms with Crippen LogP contribution in [0.1, 0.15) is 50.5 Å². The number of aromatic amines is 1. The molecule has 2 fully saturated rings. The number of hydrogen-bond acceptors (Lipinski definition) is 4. The van der Waals surface area contributed by atoms with Crippen LogP contribution in [-0.2, 0) is 16.1 Å². The summed E-state index contributed by atoms with van der Waals surface area (Å²) in [6, 6.07) is 0. The molecule has 1 spiro atoms. The first kappa shape index (κ1) is 13.3. The Morgan fingerprint density at radius 1 is 1.25 bits per heavy atom. The van der Waals surface area contributed by atoms with E-state index < -0.39 is 5.41 Å². The molecule has 108 valence electrons. The molecule has 1 saturated carbocycles. The third-order valence-corrected chi connectivity index (χ3v) is 4.59. The third kappa shape index (κ3) is 1.95. The quantitative estimate of drug-likeness (QED) is 0.800. The number of anilines is 1. The minimum Gasteiger partial charge on any atom is -0.326 e. The Labute approximate surface area is 117 Å². The van der Waals surface area contributed by atoms with Gasteiger partial charge in [-0.05, 0) is 12.8 Å². The van der Waals surface area contributed by atoms with E-state index in [4.69, 9.17) is 5.73 Å². The zero-order valence-corrected chi connectivity index (χ0v) is 11.5. The van der Waals surface area contributed by atoms with E-state index in [1.807, 2.05) is 0 Å². The number of nitrogens with one attached hydrogen (secondary N) is 1. The van der Waals surface area contributed by atoms with Gasteiger partial charge in [0, 0.05) is 18.5 Å². The van der Waals surface area contributed by atoms with Crippen molar-refractivity contribution >= 4 is 17.6 Å². The molecule has 0 bridgehead atoms. The molecule has 2 amide bonds. The van der Waals surface area contributed by atoms with Gasteiger partial charge in [-0.2, -0.15) is 5.10 Å². The molecule has 0 atom stereocenters. The van der Waals surface area contributed by atoms with Crippen LogP contribution in [-0.4, -0.2) is 22.0 Å². The van der Waals surface area contributed by atoms with Gasteiger partial charge in [0.1, 0.15) is 5.82 Å². The molecule has 2 aliphatic rings. The fraction of sp³-hybridized carbons (Fsp3) is 0.643. The first-order chi connectivity index (χ1) is 9.68. The molecule has 2 heterocycles. The van der Waals surface area contributed by atoms with Gasteiger partial charge in [-0.25, -0.2) is 4.90 Å². The molecule has 0 aromatic carbocycles. The van der Waals surface area contributed by atoms with E-state index in [0.29, 0.717) is 17.8 Å². The topological polar surface area (TPSA) is 92.1 Å². The van der Waals surface area contributed by atoms with Crippen LogP contribution in [0.2, 0.25) is 0 Å². The second-order valence-electron chi connectivity index (χ2n) is 5.85. The van der Waals surface area contributed by atoms with Gasteiger partial charge < -0.3 is 5.73 Å². The molecule has 6 heteroatoms. The summed E-state index contributed by atoms with van der Waals surface area (Å²) >= 11 is 0. The Hall–Kier alpha value is -1.69. The highest BCUT2D eigenvalue weighted by Crippen LogP contribution is 2.45. The summed E-state index contributed by atoms with van der Waals surface area (Å²) in [4.78, 5) is 26.5. The summed E-state index contributed by atoms with van der Waals surface area (Å²) in [5.41, 5.74) is 5.86. The third-order valence-electron chi connectivity index (χ3n) is 4.59. The van der Waals surface area contributed by atoms with Crippen molar-refractivity contribution in [3.8, 4) is 0 Å². The lowest BCUT2D eigenvalue weighted by Crippen LogP contribution is -2.36.